The van der Waals surface area contributed by atoms with Gasteiger partial charge in [-0.2, -0.15) is 5.10 Å². The van der Waals surface area contributed by atoms with E-state index in [2.05, 4.69) is 15.4 Å². The Bertz CT molecular complexity index is 1630. The Kier molecular flexibility index (Phi) is 5.61. The number of hydrogen-bond donors (Lipinski definition) is 1. The lowest BCUT2D eigenvalue weighted by atomic mass is 10.2. The van der Waals surface area contributed by atoms with Crippen molar-refractivity contribution in [1.29, 1.82) is 0 Å². The van der Waals surface area contributed by atoms with Crippen molar-refractivity contribution in [2.75, 3.05) is 11.9 Å². The molecule has 0 saturated carbocycles. The molecule has 2 aromatic carbocycles. The fourth-order valence-electron chi connectivity index (χ4n) is 3.71. The van der Waals surface area contributed by atoms with Crippen LogP contribution in [-0.4, -0.2) is 37.8 Å². The molecule has 0 aliphatic heterocycles. The smallest absolute Gasteiger partial charge is 0.326 e. The Morgan fingerprint density at radius 1 is 1.09 bits per heavy atom. The molecule has 0 aliphatic rings. The summed E-state index contributed by atoms with van der Waals surface area (Å²) in [6, 6.07) is 16.5. The van der Waals surface area contributed by atoms with E-state index >= 15 is 0 Å². The number of benzene rings is 2. The minimum absolute atomic E-state index is 0.0546. The Labute approximate surface area is 198 Å². The molecular formula is C25H21N5O5. The first-order chi connectivity index (χ1) is 16.9. The Morgan fingerprint density at radius 2 is 1.86 bits per heavy atom. The molecule has 0 saturated heterocycles. The first-order valence-corrected chi connectivity index (χ1v) is 10.8. The van der Waals surface area contributed by atoms with Gasteiger partial charge in [0.1, 0.15) is 23.5 Å². The molecule has 10 heteroatoms. The van der Waals surface area contributed by atoms with Crippen LogP contribution >= 0.6 is 0 Å². The Balaban J connectivity index is 1.24. The third-order valence-electron chi connectivity index (χ3n) is 5.39. The van der Waals surface area contributed by atoms with Gasteiger partial charge in [0, 0.05) is 11.5 Å². The number of amides is 1. The lowest BCUT2D eigenvalue weighted by molar-refractivity contribution is -0.147. The second-order valence-corrected chi connectivity index (χ2v) is 8.08. The van der Waals surface area contributed by atoms with Crippen molar-refractivity contribution in [2.24, 2.45) is 0 Å². The highest BCUT2D eigenvalue weighted by Crippen LogP contribution is 2.24. The van der Waals surface area contributed by atoms with Crippen LogP contribution < -0.4 is 10.9 Å². The van der Waals surface area contributed by atoms with Gasteiger partial charge in [-0.3, -0.25) is 19.0 Å². The van der Waals surface area contributed by atoms with Gasteiger partial charge in [-0.05, 0) is 38.1 Å². The maximum Gasteiger partial charge on any atom is 0.326 e. The molecule has 0 atom stereocenters. The van der Waals surface area contributed by atoms with Gasteiger partial charge in [0.15, 0.2) is 6.61 Å². The summed E-state index contributed by atoms with van der Waals surface area (Å²) < 4.78 is 13.4. The Hall–Kier alpha value is -4.73. The predicted octanol–water partition coefficient (Wildman–Crippen LogP) is 3.13. The topological polar surface area (TPSA) is 121 Å². The number of fused-ring (bicyclic) bond motifs is 3. The number of furan rings is 1. The number of hydrogen-bond acceptors (Lipinski definition) is 7. The zero-order valence-corrected chi connectivity index (χ0v) is 19.0. The van der Waals surface area contributed by atoms with Crippen LogP contribution in [0.15, 0.2) is 70.1 Å². The average Bonchev–Trinajstić information content (AvgIpc) is 3.40. The number of carbonyl (C=O) groups excluding carboxylic acids is 2. The average molecular weight is 471 g/mol. The van der Waals surface area contributed by atoms with E-state index < -0.39 is 30.6 Å². The van der Waals surface area contributed by atoms with Crippen molar-refractivity contribution in [3.63, 3.8) is 0 Å². The van der Waals surface area contributed by atoms with Gasteiger partial charge < -0.3 is 14.5 Å². The number of aromatic nitrogens is 4. The van der Waals surface area contributed by atoms with Gasteiger partial charge in [-0.25, -0.2) is 9.67 Å². The highest BCUT2D eigenvalue weighted by Gasteiger charge is 2.17. The molecule has 0 unspecified atom stereocenters. The Morgan fingerprint density at radius 3 is 2.66 bits per heavy atom. The minimum atomic E-state index is -0.761. The van der Waals surface area contributed by atoms with E-state index in [9.17, 15) is 14.4 Å². The van der Waals surface area contributed by atoms with E-state index in [1.54, 1.807) is 28.9 Å². The maximum atomic E-state index is 12.7. The molecule has 1 N–H and O–H groups in total. The number of anilines is 1. The summed E-state index contributed by atoms with van der Waals surface area (Å²) in [5.74, 6) is -0.851. The van der Waals surface area contributed by atoms with Gasteiger partial charge >= 0.3 is 5.97 Å². The zero-order valence-electron chi connectivity index (χ0n) is 19.0. The molecule has 3 aromatic heterocycles. The fraction of sp³-hybridized carbons (Fsp3) is 0.160. The first-order valence-electron chi connectivity index (χ1n) is 10.8. The van der Waals surface area contributed by atoms with Crippen LogP contribution in [-0.2, 0) is 20.9 Å². The lowest BCUT2D eigenvalue weighted by Crippen LogP contribution is -2.28. The van der Waals surface area contributed by atoms with Crippen molar-refractivity contribution in [3.05, 3.63) is 82.5 Å². The van der Waals surface area contributed by atoms with Crippen LogP contribution in [0.4, 0.5) is 5.82 Å². The second-order valence-electron chi connectivity index (χ2n) is 8.08. The number of para-hydroxylation sites is 1. The molecule has 0 fully saturated rings. The van der Waals surface area contributed by atoms with E-state index in [1.165, 1.54) is 6.33 Å². The van der Waals surface area contributed by atoms with Crippen molar-refractivity contribution in [1.82, 2.24) is 19.3 Å². The molecule has 1 amide bonds. The summed E-state index contributed by atoms with van der Waals surface area (Å²) in [7, 11) is 0. The van der Waals surface area contributed by atoms with E-state index in [0.29, 0.717) is 28.0 Å². The molecule has 3 heterocycles. The highest BCUT2D eigenvalue weighted by molar-refractivity contribution is 6.01. The molecule has 35 heavy (non-hydrogen) atoms. The summed E-state index contributed by atoms with van der Waals surface area (Å²) in [6.45, 7) is 2.86. The number of nitrogens with one attached hydrogen (secondary N) is 1. The zero-order chi connectivity index (χ0) is 24.5. The highest BCUT2D eigenvalue weighted by atomic mass is 16.5. The van der Waals surface area contributed by atoms with Crippen LogP contribution in [0.2, 0.25) is 0 Å². The summed E-state index contributed by atoms with van der Waals surface area (Å²) in [4.78, 5) is 41.7. The second kappa shape index (κ2) is 8.90. The van der Waals surface area contributed by atoms with E-state index in [1.807, 2.05) is 44.2 Å². The predicted molar refractivity (Wildman–Crippen MR) is 128 cm³/mol. The van der Waals surface area contributed by atoms with Crippen molar-refractivity contribution < 1.29 is 18.7 Å². The van der Waals surface area contributed by atoms with Crippen molar-refractivity contribution >= 4 is 39.8 Å². The summed E-state index contributed by atoms with van der Waals surface area (Å²) in [5, 5.41) is 7.82. The first kappa shape index (κ1) is 22.1. The number of carbonyl (C=O) groups is 2. The summed E-state index contributed by atoms with van der Waals surface area (Å²) >= 11 is 0. The summed E-state index contributed by atoms with van der Waals surface area (Å²) in [5.41, 5.74) is 3.10. The third kappa shape index (κ3) is 4.41. The molecule has 0 radical (unpaired) electrons. The van der Waals surface area contributed by atoms with Crippen molar-refractivity contribution in [2.45, 2.75) is 20.4 Å². The van der Waals surface area contributed by atoms with Gasteiger partial charge in [0.05, 0.1) is 17.7 Å². The number of nitrogens with zero attached hydrogens (tertiary/aromatic N) is 4. The van der Waals surface area contributed by atoms with E-state index in [4.69, 9.17) is 9.15 Å². The van der Waals surface area contributed by atoms with Gasteiger partial charge in [0.2, 0.25) is 5.58 Å². The normalized spacial score (nSPS) is 11.1. The maximum absolute atomic E-state index is 12.7. The molecule has 0 bridgehead atoms. The van der Waals surface area contributed by atoms with Gasteiger partial charge in [-0.1, -0.05) is 29.8 Å². The molecule has 10 nitrogen and oxygen atoms in total. The molecule has 0 aliphatic carbocycles. The lowest BCUT2D eigenvalue weighted by Gasteiger charge is -2.10. The molecule has 5 aromatic rings. The van der Waals surface area contributed by atoms with Crippen LogP contribution in [0.3, 0.4) is 0 Å². The van der Waals surface area contributed by atoms with E-state index in [0.717, 1.165) is 15.8 Å². The van der Waals surface area contributed by atoms with Gasteiger partial charge in [0.25, 0.3) is 11.5 Å². The van der Waals surface area contributed by atoms with Crippen LogP contribution in [0.5, 0.6) is 0 Å². The number of aryl methyl sites for hydroxylation is 2. The number of ether oxygens (including phenoxy) is 1. The van der Waals surface area contributed by atoms with Crippen LogP contribution in [0, 0.1) is 13.8 Å². The van der Waals surface area contributed by atoms with E-state index in [-0.39, 0.29) is 5.58 Å². The SMILES string of the molecule is Cc1ccc(-n2nc(C)cc2NC(=O)COC(=O)Cn2cnc3c(oc4ccccc43)c2=O)cc1. The van der Waals surface area contributed by atoms with Gasteiger partial charge in [-0.15, -0.1) is 0 Å². The quantitative estimate of drug-likeness (QED) is 0.378. The number of esters is 1. The monoisotopic (exact) mass is 471 g/mol. The number of rotatable bonds is 6. The fourth-order valence-corrected chi connectivity index (χ4v) is 3.71. The van der Waals surface area contributed by atoms with Crippen LogP contribution in [0.25, 0.3) is 27.8 Å². The standard InChI is InChI=1S/C25H21N5O5/c1-15-7-9-17(10-8-15)30-20(11-16(2)28-30)27-21(31)13-34-22(32)12-29-14-26-23-18-5-3-4-6-19(18)35-24(23)25(29)33/h3-11,14H,12-13H2,1-2H3,(H,27,31). The van der Waals surface area contributed by atoms with Crippen molar-refractivity contribution in [3.8, 4) is 5.69 Å². The third-order valence-corrected chi connectivity index (χ3v) is 5.39. The largest absolute Gasteiger partial charge is 0.454 e. The van der Waals surface area contributed by atoms with Crippen LogP contribution in [0.1, 0.15) is 11.3 Å². The minimum Gasteiger partial charge on any atom is -0.454 e. The molecule has 176 valence electrons. The molecule has 0 spiro atoms. The molecule has 5 rings (SSSR count). The molecular weight excluding hydrogens is 450 g/mol. The summed E-state index contributed by atoms with van der Waals surface area (Å²) in [6.07, 6.45) is 1.26.